The molecule has 0 saturated carbocycles. The van der Waals surface area contributed by atoms with Crippen molar-refractivity contribution >= 4 is 16.8 Å². The molecule has 86 valence electrons. The van der Waals surface area contributed by atoms with Gasteiger partial charge in [-0.15, -0.1) is 0 Å². The molecule has 0 atom stereocenters. The number of fused-ring (bicyclic) bond motifs is 1. The second-order valence-electron chi connectivity index (χ2n) is 3.98. The summed E-state index contributed by atoms with van der Waals surface area (Å²) in [5, 5.41) is 12.0. The third-order valence-electron chi connectivity index (χ3n) is 2.90. The smallest absolute Gasteiger partial charge is 0.252 e. The largest absolute Gasteiger partial charge is 0.358 e. The van der Waals surface area contributed by atoms with Crippen LogP contribution in [0.2, 0.25) is 0 Å². The highest BCUT2D eigenvalue weighted by molar-refractivity contribution is 5.99. The van der Waals surface area contributed by atoms with Gasteiger partial charge in [-0.05, 0) is 37.6 Å². The Morgan fingerprint density at radius 3 is 2.94 bits per heavy atom. The van der Waals surface area contributed by atoms with E-state index in [1.807, 2.05) is 32.0 Å². The van der Waals surface area contributed by atoms with Crippen LogP contribution < -0.4 is 5.32 Å². The van der Waals surface area contributed by atoms with E-state index in [-0.39, 0.29) is 12.5 Å². The quantitative estimate of drug-likeness (QED) is 0.771. The highest BCUT2D eigenvalue weighted by Crippen LogP contribution is 2.22. The van der Waals surface area contributed by atoms with Crippen LogP contribution in [0.5, 0.6) is 0 Å². The van der Waals surface area contributed by atoms with Gasteiger partial charge in [0, 0.05) is 22.2 Å². The number of aromatic nitrogens is 1. The number of carbonyl (C=O) groups is 1. The van der Waals surface area contributed by atoms with E-state index in [9.17, 15) is 4.79 Å². The summed E-state index contributed by atoms with van der Waals surface area (Å²) in [5.74, 6) is -0.216. The van der Waals surface area contributed by atoms with Crippen molar-refractivity contribution in [2.75, 3.05) is 6.54 Å². The maximum absolute atomic E-state index is 11.7. The Balaban J connectivity index is 2.41. The van der Waals surface area contributed by atoms with Gasteiger partial charge in [-0.1, -0.05) is 0 Å². The minimum atomic E-state index is -0.216. The van der Waals surface area contributed by atoms with Crippen molar-refractivity contribution < 1.29 is 4.79 Å². The number of carbonyl (C=O) groups excluding carboxylic acids is 1. The van der Waals surface area contributed by atoms with Crippen LogP contribution in [0.15, 0.2) is 18.2 Å². The predicted octanol–water partition coefficient (Wildman–Crippen LogP) is 2.04. The Bertz CT molecular complexity index is 619. The van der Waals surface area contributed by atoms with Gasteiger partial charge in [0.15, 0.2) is 0 Å². The zero-order valence-corrected chi connectivity index (χ0v) is 9.79. The zero-order chi connectivity index (χ0) is 12.4. The number of aryl methyl sites for hydroxylation is 2. The van der Waals surface area contributed by atoms with E-state index in [2.05, 4.69) is 10.3 Å². The first-order chi connectivity index (χ1) is 8.13. The second-order valence-corrected chi connectivity index (χ2v) is 3.98. The van der Waals surface area contributed by atoms with E-state index in [1.165, 1.54) is 0 Å². The fourth-order valence-electron chi connectivity index (χ4n) is 1.82. The van der Waals surface area contributed by atoms with Crippen LogP contribution in [0.4, 0.5) is 0 Å². The number of hydrogen-bond acceptors (Lipinski definition) is 2. The number of amides is 1. The number of nitrogens with one attached hydrogen (secondary N) is 2. The summed E-state index contributed by atoms with van der Waals surface area (Å²) in [4.78, 5) is 14.9. The summed E-state index contributed by atoms with van der Waals surface area (Å²) >= 11 is 0. The molecule has 1 aromatic carbocycles. The summed E-state index contributed by atoms with van der Waals surface area (Å²) in [6.07, 6.45) is 0. The maximum atomic E-state index is 11.7. The van der Waals surface area contributed by atoms with Crippen molar-refractivity contribution in [1.29, 1.82) is 5.26 Å². The summed E-state index contributed by atoms with van der Waals surface area (Å²) < 4.78 is 0. The molecule has 17 heavy (non-hydrogen) atoms. The molecule has 2 aromatic rings. The summed E-state index contributed by atoms with van der Waals surface area (Å²) in [6.45, 7) is 4.05. The topological polar surface area (TPSA) is 68.7 Å². The Hall–Kier alpha value is -2.28. The van der Waals surface area contributed by atoms with Gasteiger partial charge in [-0.25, -0.2) is 0 Å². The van der Waals surface area contributed by atoms with E-state index in [1.54, 1.807) is 6.07 Å². The van der Waals surface area contributed by atoms with Crippen molar-refractivity contribution in [2.45, 2.75) is 13.8 Å². The molecule has 0 radical (unpaired) electrons. The van der Waals surface area contributed by atoms with Crippen LogP contribution in [0.25, 0.3) is 10.9 Å². The normalized spacial score (nSPS) is 10.2. The molecule has 4 heteroatoms. The molecule has 0 spiro atoms. The minimum absolute atomic E-state index is 0.0298. The van der Waals surface area contributed by atoms with Gasteiger partial charge >= 0.3 is 0 Å². The number of aromatic amines is 1. The van der Waals surface area contributed by atoms with Gasteiger partial charge < -0.3 is 10.3 Å². The molecule has 4 nitrogen and oxygen atoms in total. The Morgan fingerprint density at radius 2 is 2.24 bits per heavy atom. The van der Waals surface area contributed by atoms with Crippen molar-refractivity contribution in [2.24, 2.45) is 0 Å². The fourth-order valence-corrected chi connectivity index (χ4v) is 1.82. The number of nitriles is 1. The average molecular weight is 227 g/mol. The van der Waals surface area contributed by atoms with Gasteiger partial charge in [0.2, 0.25) is 0 Å². The molecule has 0 aliphatic carbocycles. The van der Waals surface area contributed by atoms with Crippen LogP contribution in [0.3, 0.4) is 0 Å². The molecular weight excluding hydrogens is 214 g/mol. The molecule has 0 aliphatic rings. The Morgan fingerprint density at radius 1 is 1.47 bits per heavy atom. The monoisotopic (exact) mass is 227 g/mol. The van der Waals surface area contributed by atoms with Gasteiger partial charge in [0.25, 0.3) is 5.91 Å². The average Bonchev–Trinajstić information content (AvgIpc) is 2.62. The van der Waals surface area contributed by atoms with E-state index in [0.29, 0.717) is 5.56 Å². The van der Waals surface area contributed by atoms with Crippen LogP contribution in [-0.4, -0.2) is 17.4 Å². The van der Waals surface area contributed by atoms with Crippen LogP contribution in [0, 0.1) is 25.2 Å². The van der Waals surface area contributed by atoms with Gasteiger partial charge in [0.1, 0.15) is 6.54 Å². The molecular formula is C13H13N3O. The number of hydrogen-bond donors (Lipinski definition) is 2. The van der Waals surface area contributed by atoms with Crippen LogP contribution in [-0.2, 0) is 0 Å². The molecule has 1 amide bonds. The van der Waals surface area contributed by atoms with E-state index >= 15 is 0 Å². The maximum Gasteiger partial charge on any atom is 0.252 e. The van der Waals surface area contributed by atoms with Crippen molar-refractivity contribution in [3.8, 4) is 6.07 Å². The molecule has 2 N–H and O–H groups in total. The number of benzene rings is 1. The van der Waals surface area contributed by atoms with Gasteiger partial charge in [-0.2, -0.15) is 5.26 Å². The summed E-state index contributed by atoms with van der Waals surface area (Å²) in [7, 11) is 0. The molecule has 0 bridgehead atoms. The standard InChI is InChI=1S/C13H13N3O/c1-8-9(2)16-12-4-3-10(7-11(8)12)13(17)15-6-5-14/h3-4,7,16H,6H2,1-2H3,(H,15,17). The second kappa shape index (κ2) is 4.30. The molecule has 2 rings (SSSR count). The lowest BCUT2D eigenvalue weighted by atomic mass is 10.1. The molecule has 0 fully saturated rings. The van der Waals surface area contributed by atoms with Crippen molar-refractivity contribution in [3.05, 3.63) is 35.0 Å². The van der Waals surface area contributed by atoms with Crippen LogP contribution >= 0.6 is 0 Å². The Labute approximate surface area is 99.3 Å². The van der Waals surface area contributed by atoms with E-state index < -0.39 is 0 Å². The van der Waals surface area contributed by atoms with E-state index in [0.717, 1.165) is 22.2 Å². The SMILES string of the molecule is Cc1[nH]c2ccc(C(=O)NCC#N)cc2c1C. The van der Waals surface area contributed by atoms with Gasteiger partial charge in [-0.3, -0.25) is 4.79 Å². The lowest BCUT2D eigenvalue weighted by Gasteiger charge is -2.01. The third kappa shape index (κ3) is 2.00. The summed E-state index contributed by atoms with van der Waals surface area (Å²) in [5.41, 5.74) is 3.86. The molecule has 0 saturated heterocycles. The first-order valence-corrected chi connectivity index (χ1v) is 5.37. The molecule has 1 heterocycles. The van der Waals surface area contributed by atoms with E-state index in [4.69, 9.17) is 5.26 Å². The molecule has 1 aromatic heterocycles. The minimum Gasteiger partial charge on any atom is -0.358 e. The number of rotatable bonds is 2. The first kappa shape index (κ1) is 11.2. The Kier molecular flexibility index (Phi) is 2.84. The molecule has 0 unspecified atom stereocenters. The molecule has 0 aliphatic heterocycles. The summed E-state index contributed by atoms with van der Waals surface area (Å²) in [6, 6.07) is 7.37. The lowest BCUT2D eigenvalue weighted by Crippen LogP contribution is -2.23. The predicted molar refractivity (Wildman–Crippen MR) is 65.7 cm³/mol. The first-order valence-electron chi connectivity index (χ1n) is 5.37. The van der Waals surface area contributed by atoms with Crippen molar-refractivity contribution in [3.63, 3.8) is 0 Å². The zero-order valence-electron chi connectivity index (χ0n) is 9.79. The van der Waals surface area contributed by atoms with Crippen LogP contribution in [0.1, 0.15) is 21.6 Å². The van der Waals surface area contributed by atoms with Gasteiger partial charge in [0.05, 0.1) is 6.07 Å². The van der Waals surface area contributed by atoms with Crippen molar-refractivity contribution in [1.82, 2.24) is 10.3 Å². The number of H-pyrrole nitrogens is 1. The number of nitrogens with zero attached hydrogens (tertiary/aromatic N) is 1. The highest BCUT2D eigenvalue weighted by Gasteiger charge is 2.09. The fraction of sp³-hybridized carbons (Fsp3) is 0.231. The third-order valence-corrected chi connectivity index (χ3v) is 2.90. The highest BCUT2D eigenvalue weighted by atomic mass is 16.1. The lowest BCUT2D eigenvalue weighted by molar-refractivity contribution is 0.0958.